The first-order valence-electron chi connectivity index (χ1n) is 11.8. The number of hydrogen-bond acceptors (Lipinski definition) is 5. The summed E-state index contributed by atoms with van der Waals surface area (Å²) < 4.78 is 37.9. The Bertz CT molecular complexity index is 1310. The number of alkyl halides is 3. The number of benzene rings is 2. The van der Waals surface area contributed by atoms with Gasteiger partial charge >= 0.3 is 11.5 Å². The highest BCUT2D eigenvalue weighted by atomic mass is 32.2. The molecule has 0 radical (unpaired) electrons. The molecule has 36 heavy (non-hydrogen) atoms. The van der Waals surface area contributed by atoms with E-state index >= 15 is 0 Å². The maximum atomic E-state index is 13.4. The van der Waals surface area contributed by atoms with Crippen molar-refractivity contribution in [2.24, 2.45) is 0 Å². The summed E-state index contributed by atoms with van der Waals surface area (Å²) in [6, 6.07) is 12.6. The molecule has 2 aliphatic heterocycles. The molecule has 0 spiro atoms. The fraction of sp³-hybridized carbons (Fsp3) is 0.346. The average molecular weight is 515 g/mol. The number of piperidine rings is 1. The normalized spacial score (nSPS) is 20.8. The monoisotopic (exact) mass is 514 g/mol. The lowest BCUT2D eigenvalue weighted by Gasteiger charge is -2.29. The molecular weight excluding hydrogens is 489 g/mol. The second-order valence-electron chi connectivity index (χ2n) is 9.34. The van der Waals surface area contributed by atoms with Gasteiger partial charge in [0.25, 0.3) is 5.91 Å². The molecule has 10 heteroatoms. The lowest BCUT2D eigenvalue weighted by Crippen LogP contribution is -2.46. The van der Waals surface area contributed by atoms with Gasteiger partial charge in [-0.1, -0.05) is 6.07 Å². The summed E-state index contributed by atoms with van der Waals surface area (Å²) in [4.78, 5) is 34.0. The zero-order chi connectivity index (χ0) is 25.5. The van der Waals surface area contributed by atoms with Gasteiger partial charge < -0.3 is 10.2 Å². The summed E-state index contributed by atoms with van der Waals surface area (Å²) in [5, 5.41) is 3.69. The SMILES string of the molecule is CC1(Cc2ccnc3cc(N4CCCCC4)ccc23)NC(=O)N(c2ccc(SC(F)(F)F)cc2)C1=O. The summed E-state index contributed by atoms with van der Waals surface area (Å²) in [5.74, 6) is -0.460. The van der Waals surface area contributed by atoms with Crippen molar-refractivity contribution in [3.8, 4) is 0 Å². The van der Waals surface area contributed by atoms with Crippen LogP contribution in [-0.4, -0.2) is 41.1 Å². The molecular formula is C26H25F3N4O2S. The van der Waals surface area contributed by atoms with E-state index in [9.17, 15) is 22.8 Å². The maximum Gasteiger partial charge on any atom is 0.446 e. The Kier molecular flexibility index (Phi) is 6.32. The van der Waals surface area contributed by atoms with Crippen LogP contribution in [0, 0.1) is 0 Å². The highest BCUT2D eigenvalue weighted by Crippen LogP contribution is 2.38. The highest BCUT2D eigenvalue weighted by molar-refractivity contribution is 8.00. The first kappa shape index (κ1) is 24.4. The third-order valence-electron chi connectivity index (χ3n) is 6.67. The molecule has 6 nitrogen and oxygen atoms in total. The molecule has 3 aromatic rings. The number of pyridine rings is 1. The van der Waals surface area contributed by atoms with E-state index in [1.807, 2.05) is 12.1 Å². The van der Waals surface area contributed by atoms with Gasteiger partial charge in [0.2, 0.25) is 0 Å². The van der Waals surface area contributed by atoms with E-state index in [1.54, 1.807) is 13.1 Å². The molecule has 1 atom stereocenters. The third kappa shape index (κ3) is 4.86. The number of hydrogen-bond donors (Lipinski definition) is 1. The van der Waals surface area contributed by atoms with Crippen molar-refractivity contribution < 1.29 is 22.8 Å². The van der Waals surface area contributed by atoms with Crippen LogP contribution in [0.4, 0.5) is 29.3 Å². The van der Waals surface area contributed by atoms with Gasteiger partial charge in [-0.2, -0.15) is 13.2 Å². The van der Waals surface area contributed by atoms with Crippen molar-refractivity contribution in [3.63, 3.8) is 0 Å². The van der Waals surface area contributed by atoms with Crippen LogP contribution >= 0.6 is 11.8 Å². The minimum absolute atomic E-state index is 0.0201. The number of amides is 3. The molecule has 1 unspecified atom stereocenters. The largest absolute Gasteiger partial charge is 0.446 e. The summed E-state index contributed by atoms with van der Waals surface area (Å²) in [6.07, 6.45) is 5.55. The molecule has 2 fully saturated rings. The fourth-order valence-electron chi connectivity index (χ4n) is 4.92. The third-order valence-corrected chi connectivity index (χ3v) is 7.41. The quantitative estimate of drug-likeness (QED) is 0.340. The molecule has 1 aromatic heterocycles. The molecule has 0 saturated carbocycles. The van der Waals surface area contributed by atoms with Crippen LogP contribution in [0.25, 0.3) is 10.9 Å². The lowest BCUT2D eigenvalue weighted by molar-refractivity contribution is -0.121. The first-order chi connectivity index (χ1) is 17.1. The van der Waals surface area contributed by atoms with E-state index < -0.39 is 23.0 Å². The second kappa shape index (κ2) is 9.31. The van der Waals surface area contributed by atoms with Crippen LogP contribution in [0.15, 0.2) is 59.6 Å². The van der Waals surface area contributed by atoms with Crippen molar-refractivity contribution in [2.45, 2.75) is 48.5 Å². The Morgan fingerprint density at radius 1 is 1.00 bits per heavy atom. The number of anilines is 2. The topological polar surface area (TPSA) is 65.5 Å². The Morgan fingerprint density at radius 2 is 1.69 bits per heavy atom. The standard InChI is InChI=1S/C26H25F3N4O2S/c1-25(23(34)33(24(35)31-25)18-5-8-20(9-6-18)36-26(27,28)29)16-17-11-12-30-22-15-19(7-10-21(17)22)32-13-3-2-4-14-32/h5-12,15H,2-4,13-14,16H2,1H3,(H,31,35). The molecule has 2 aliphatic rings. The van der Waals surface area contributed by atoms with E-state index in [1.165, 1.54) is 43.5 Å². The van der Waals surface area contributed by atoms with Gasteiger partial charge in [0, 0.05) is 41.7 Å². The number of nitrogens with zero attached hydrogens (tertiary/aromatic N) is 3. The van der Waals surface area contributed by atoms with Crippen LogP contribution in [0.1, 0.15) is 31.7 Å². The van der Waals surface area contributed by atoms with Gasteiger partial charge in [-0.3, -0.25) is 9.78 Å². The summed E-state index contributed by atoms with van der Waals surface area (Å²) in [7, 11) is 0. The lowest BCUT2D eigenvalue weighted by atomic mass is 9.91. The number of carbonyl (C=O) groups excluding carboxylic acids is 2. The number of urea groups is 1. The molecule has 188 valence electrons. The summed E-state index contributed by atoms with van der Waals surface area (Å²) in [5.41, 5.74) is -2.58. The van der Waals surface area contributed by atoms with Gasteiger partial charge in [-0.25, -0.2) is 9.69 Å². The first-order valence-corrected chi connectivity index (χ1v) is 12.6. The van der Waals surface area contributed by atoms with Crippen LogP contribution in [0.5, 0.6) is 0 Å². The zero-order valence-electron chi connectivity index (χ0n) is 19.6. The molecule has 3 heterocycles. The van der Waals surface area contributed by atoms with Crippen LogP contribution in [0.2, 0.25) is 0 Å². The number of nitrogens with one attached hydrogen (secondary N) is 1. The minimum atomic E-state index is -4.41. The summed E-state index contributed by atoms with van der Waals surface area (Å²) >= 11 is -0.247. The Balaban J connectivity index is 1.38. The number of aromatic nitrogens is 1. The average Bonchev–Trinajstić information content (AvgIpc) is 3.06. The van der Waals surface area contributed by atoms with Crippen molar-refractivity contribution >= 4 is 46.0 Å². The smallest absolute Gasteiger partial charge is 0.371 e. The van der Waals surface area contributed by atoms with Crippen molar-refractivity contribution in [1.29, 1.82) is 0 Å². The Labute approximate surface area is 210 Å². The van der Waals surface area contributed by atoms with E-state index in [-0.39, 0.29) is 28.8 Å². The van der Waals surface area contributed by atoms with E-state index in [0.717, 1.165) is 40.1 Å². The predicted octanol–water partition coefficient (Wildman–Crippen LogP) is 5.89. The summed E-state index contributed by atoms with van der Waals surface area (Å²) in [6.45, 7) is 3.71. The maximum absolute atomic E-state index is 13.4. The van der Waals surface area contributed by atoms with E-state index in [4.69, 9.17) is 0 Å². The number of imide groups is 1. The van der Waals surface area contributed by atoms with Crippen molar-refractivity contribution in [3.05, 3.63) is 60.3 Å². The minimum Gasteiger partial charge on any atom is -0.371 e. The Morgan fingerprint density at radius 3 is 2.39 bits per heavy atom. The van der Waals surface area contributed by atoms with Gasteiger partial charge in [-0.15, -0.1) is 0 Å². The van der Waals surface area contributed by atoms with Crippen LogP contribution in [0.3, 0.4) is 0 Å². The number of rotatable bonds is 5. The molecule has 2 aromatic carbocycles. The number of halogens is 3. The van der Waals surface area contributed by atoms with Gasteiger partial charge in [0.05, 0.1) is 11.2 Å². The van der Waals surface area contributed by atoms with Crippen LogP contribution in [-0.2, 0) is 11.2 Å². The zero-order valence-corrected chi connectivity index (χ0v) is 20.5. The number of carbonyl (C=O) groups is 2. The molecule has 1 N–H and O–H groups in total. The highest BCUT2D eigenvalue weighted by Gasteiger charge is 2.48. The van der Waals surface area contributed by atoms with Gasteiger partial charge in [-0.05, 0) is 86.0 Å². The van der Waals surface area contributed by atoms with Crippen molar-refractivity contribution in [1.82, 2.24) is 10.3 Å². The molecule has 0 aliphatic carbocycles. The van der Waals surface area contributed by atoms with Gasteiger partial charge in [0.15, 0.2) is 0 Å². The number of fused-ring (bicyclic) bond motifs is 1. The Hall–Kier alpha value is -3.27. The van der Waals surface area contributed by atoms with Crippen LogP contribution < -0.4 is 15.1 Å². The molecule has 5 rings (SSSR count). The van der Waals surface area contributed by atoms with Gasteiger partial charge in [0.1, 0.15) is 5.54 Å². The molecule has 0 bridgehead atoms. The molecule has 2 saturated heterocycles. The van der Waals surface area contributed by atoms with E-state index in [0.29, 0.717) is 0 Å². The van der Waals surface area contributed by atoms with Crippen molar-refractivity contribution in [2.75, 3.05) is 22.9 Å². The fourth-order valence-corrected chi connectivity index (χ4v) is 5.45. The second-order valence-corrected chi connectivity index (χ2v) is 10.5. The molecule has 3 amide bonds. The predicted molar refractivity (Wildman–Crippen MR) is 134 cm³/mol. The van der Waals surface area contributed by atoms with E-state index in [2.05, 4.69) is 27.3 Å². The number of thioether (sulfide) groups is 1.